The molecule has 0 aliphatic heterocycles. The zero-order valence-electron chi connectivity index (χ0n) is 13.5. The Morgan fingerprint density at radius 1 is 1.20 bits per heavy atom. The highest BCUT2D eigenvalue weighted by molar-refractivity contribution is 5.97. The predicted octanol–water partition coefficient (Wildman–Crippen LogP) is 3.35. The van der Waals surface area contributed by atoms with Crippen molar-refractivity contribution < 1.29 is 27.4 Å². The van der Waals surface area contributed by atoms with Crippen LogP contribution in [-0.2, 0) is 6.54 Å². The highest BCUT2D eigenvalue weighted by Crippen LogP contribution is 2.26. The number of carbonyl (C=O) groups excluding carboxylic acids is 1. The number of halogens is 3. The van der Waals surface area contributed by atoms with E-state index in [9.17, 15) is 18.0 Å². The summed E-state index contributed by atoms with van der Waals surface area (Å²) in [5, 5.41) is 2.60. The van der Waals surface area contributed by atoms with Gasteiger partial charge in [0, 0.05) is 6.20 Å². The molecule has 1 aromatic heterocycles. The normalized spacial score (nSPS) is 11.0. The van der Waals surface area contributed by atoms with E-state index in [2.05, 4.69) is 10.3 Å². The molecule has 0 atom stereocenters. The van der Waals surface area contributed by atoms with Gasteiger partial charge in [0.25, 0.3) is 5.91 Å². The van der Waals surface area contributed by atoms with Crippen molar-refractivity contribution in [1.82, 2.24) is 10.3 Å². The van der Waals surface area contributed by atoms with Crippen LogP contribution in [0.5, 0.6) is 11.5 Å². The maximum Gasteiger partial charge on any atom is 0.422 e. The first-order valence-electron chi connectivity index (χ1n) is 7.53. The van der Waals surface area contributed by atoms with Crippen LogP contribution in [0.25, 0.3) is 0 Å². The second-order valence-electron chi connectivity index (χ2n) is 5.00. The summed E-state index contributed by atoms with van der Waals surface area (Å²) in [6.07, 6.45) is -2.92. The Kier molecular flexibility index (Phi) is 6.21. The number of rotatable bonds is 7. The van der Waals surface area contributed by atoms with E-state index in [-0.39, 0.29) is 17.9 Å². The standard InChI is InChI=1S/C17H17F3N2O3/c1-2-24-13-6-7-15(25-11-17(18,19)20)14(9-13)16(23)22-10-12-5-3-4-8-21-12/h3-9H,2,10-11H2,1H3,(H,22,23). The molecule has 2 rings (SSSR count). The molecular weight excluding hydrogens is 337 g/mol. The van der Waals surface area contributed by atoms with Crippen LogP contribution in [0.15, 0.2) is 42.6 Å². The lowest BCUT2D eigenvalue weighted by Gasteiger charge is -2.14. The van der Waals surface area contributed by atoms with Gasteiger partial charge in [0.1, 0.15) is 11.5 Å². The van der Waals surface area contributed by atoms with E-state index in [0.29, 0.717) is 18.1 Å². The number of alkyl halides is 3. The largest absolute Gasteiger partial charge is 0.494 e. The van der Waals surface area contributed by atoms with E-state index < -0.39 is 18.7 Å². The molecule has 1 heterocycles. The van der Waals surface area contributed by atoms with E-state index in [1.165, 1.54) is 18.2 Å². The number of nitrogens with zero attached hydrogens (tertiary/aromatic N) is 1. The van der Waals surface area contributed by atoms with Crippen molar-refractivity contribution in [3.05, 3.63) is 53.9 Å². The second-order valence-corrected chi connectivity index (χ2v) is 5.00. The Bertz CT molecular complexity index is 706. The number of pyridine rings is 1. The first-order valence-corrected chi connectivity index (χ1v) is 7.53. The number of carbonyl (C=O) groups is 1. The average molecular weight is 354 g/mol. The first-order chi connectivity index (χ1) is 11.9. The van der Waals surface area contributed by atoms with Crippen molar-refractivity contribution in [1.29, 1.82) is 0 Å². The van der Waals surface area contributed by atoms with Gasteiger partial charge in [-0.3, -0.25) is 9.78 Å². The predicted molar refractivity (Wildman–Crippen MR) is 84.6 cm³/mol. The van der Waals surface area contributed by atoms with Gasteiger partial charge in [-0.2, -0.15) is 13.2 Å². The summed E-state index contributed by atoms with van der Waals surface area (Å²) in [5.74, 6) is -0.381. The summed E-state index contributed by atoms with van der Waals surface area (Å²) in [7, 11) is 0. The summed E-state index contributed by atoms with van der Waals surface area (Å²) in [6.45, 7) is 0.769. The van der Waals surface area contributed by atoms with Gasteiger partial charge < -0.3 is 14.8 Å². The van der Waals surface area contributed by atoms with Crippen molar-refractivity contribution in [2.75, 3.05) is 13.2 Å². The van der Waals surface area contributed by atoms with Crippen LogP contribution in [0.1, 0.15) is 23.0 Å². The van der Waals surface area contributed by atoms with E-state index >= 15 is 0 Å². The lowest BCUT2D eigenvalue weighted by molar-refractivity contribution is -0.153. The minimum Gasteiger partial charge on any atom is -0.494 e. The zero-order chi connectivity index (χ0) is 18.3. The molecule has 0 unspecified atom stereocenters. The quantitative estimate of drug-likeness (QED) is 0.828. The maximum atomic E-state index is 12.4. The van der Waals surface area contributed by atoms with Crippen LogP contribution in [-0.4, -0.2) is 30.3 Å². The van der Waals surface area contributed by atoms with Gasteiger partial charge in [-0.1, -0.05) is 6.07 Å². The molecule has 134 valence electrons. The lowest BCUT2D eigenvalue weighted by Crippen LogP contribution is -2.25. The summed E-state index contributed by atoms with van der Waals surface area (Å²) in [4.78, 5) is 16.4. The van der Waals surface area contributed by atoms with E-state index in [4.69, 9.17) is 9.47 Å². The molecule has 8 heteroatoms. The molecule has 1 amide bonds. The van der Waals surface area contributed by atoms with Crippen LogP contribution in [0.3, 0.4) is 0 Å². The van der Waals surface area contributed by atoms with Crippen LogP contribution in [0, 0.1) is 0 Å². The van der Waals surface area contributed by atoms with Crippen LogP contribution >= 0.6 is 0 Å². The summed E-state index contributed by atoms with van der Waals surface area (Å²) < 4.78 is 47.2. The number of hydrogen-bond acceptors (Lipinski definition) is 4. The fraction of sp³-hybridized carbons (Fsp3) is 0.294. The molecule has 0 aliphatic rings. The van der Waals surface area contributed by atoms with Crippen LogP contribution < -0.4 is 14.8 Å². The highest BCUT2D eigenvalue weighted by Gasteiger charge is 2.29. The van der Waals surface area contributed by atoms with E-state index in [1.54, 1.807) is 31.3 Å². The van der Waals surface area contributed by atoms with Crippen molar-refractivity contribution >= 4 is 5.91 Å². The molecule has 0 saturated heterocycles. The van der Waals surface area contributed by atoms with Gasteiger partial charge in [0.2, 0.25) is 0 Å². The van der Waals surface area contributed by atoms with Gasteiger partial charge in [-0.15, -0.1) is 0 Å². The smallest absolute Gasteiger partial charge is 0.422 e. The van der Waals surface area contributed by atoms with Gasteiger partial charge in [-0.05, 0) is 37.3 Å². The molecule has 2 aromatic rings. The number of nitrogens with one attached hydrogen (secondary N) is 1. The van der Waals surface area contributed by atoms with Crippen LogP contribution in [0.2, 0.25) is 0 Å². The topological polar surface area (TPSA) is 60.5 Å². The van der Waals surface area contributed by atoms with Crippen molar-refractivity contribution in [2.45, 2.75) is 19.6 Å². The third-order valence-electron chi connectivity index (χ3n) is 3.05. The molecule has 1 aromatic carbocycles. The Hall–Kier alpha value is -2.77. The highest BCUT2D eigenvalue weighted by atomic mass is 19.4. The van der Waals surface area contributed by atoms with Crippen molar-refractivity contribution in [3.63, 3.8) is 0 Å². The minimum atomic E-state index is -4.50. The number of ether oxygens (including phenoxy) is 2. The van der Waals surface area contributed by atoms with Crippen molar-refractivity contribution in [2.24, 2.45) is 0 Å². The second kappa shape index (κ2) is 8.36. The average Bonchev–Trinajstić information content (AvgIpc) is 2.59. The lowest BCUT2D eigenvalue weighted by atomic mass is 10.1. The van der Waals surface area contributed by atoms with Crippen LogP contribution in [0.4, 0.5) is 13.2 Å². The number of hydrogen-bond donors (Lipinski definition) is 1. The maximum absolute atomic E-state index is 12.4. The molecule has 0 bridgehead atoms. The fourth-order valence-electron chi connectivity index (χ4n) is 2.00. The van der Waals surface area contributed by atoms with Gasteiger partial charge >= 0.3 is 6.18 Å². The SMILES string of the molecule is CCOc1ccc(OCC(F)(F)F)c(C(=O)NCc2ccccn2)c1. The van der Waals surface area contributed by atoms with Gasteiger partial charge in [0.15, 0.2) is 6.61 Å². The molecule has 0 radical (unpaired) electrons. The summed E-state index contributed by atoms with van der Waals surface area (Å²) in [6, 6.07) is 9.31. The van der Waals surface area contributed by atoms with Gasteiger partial charge in [0.05, 0.1) is 24.4 Å². The molecule has 0 spiro atoms. The van der Waals surface area contributed by atoms with Gasteiger partial charge in [-0.25, -0.2) is 0 Å². The molecule has 25 heavy (non-hydrogen) atoms. The third-order valence-corrected chi connectivity index (χ3v) is 3.05. The Balaban J connectivity index is 2.16. The molecule has 0 fully saturated rings. The monoisotopic (exact) mass is 354 g/mol. The Labute approximate surface area is 142 Å². The molecule has 0 saturated carbocycles. The summed E-state index contributed by atoms with van der Waals surface area (Å²) >= 11 is 0. The third kappa shape index (κ3) is 5.98. The molecule has 5 nitrogen and oxygen atoms in total. The molecule has 1 N–H and O–H groups in total. The minimum absolute atomic E-state index is 0.0360. The number of amides is 1. The Morgan fingerprint density at radius 3 is 2.64 bits per heavy atom. The molecule has 0 aliphatic carbocycles. The zero-order valence-corrected chi connectivity index (χ0v) is 13.5. The van der Waals surface area contributed by atoms with E-state index in [0.717, 1.165) is 0 Å². The number of benzene rings is 1. The number of aromatic nitrogens is 1. The Morgan fingerprint density at radius 2 is 2.00 bits per heavy atom. The van der Waals surface area contributed by atoms with Crippen molar-refractivity contribution in [3.8, 4) is 11.5 Å². The molecular formula is C17H17F3N2O3. The first kappa shape index (κ1) is 18.6. The fourth-order valence-corrected chi connectivity index (χ4v) is 2.00. The summed E-state index contributed by atoms with van der Waals surface area (Å²) in [5.41, 5.74) is 0.584. The van der Waals surface area contributed by atoms with E-state index in [1.807, 2.05) is 0 Å².